The molecule has 0 radical (unpaired) electrons. The number of benzene rings is 1. The summed E-state index contributed by atoms with van der Waals surface area (Å²) in [6, 6.07) is 7.71. The molecule has 0 saturated carbocycles. The van der Waals surface area contributed by atoms with Gasteiger partial charge in [-0.2, -0.15) is 0 Å². The van der Waals surface area contributed by atoms with E-state index in [4.69, 9.17) is 16.3 Å². The molecule has 0 N–H and O–H groups in total. The largest absolute Gasteiger partial charge is 0.383 e. The van der Waals surface area contributed by atoms with Crippen LogP contribution in [0.15, 0.2) is 24.3 Å². The van der Waals surface area contributed by atoms with Crippen LogP contribution < -0.4 is 0 Å². The SMILES string of the molecule is CCN1CCCCC1C(=O)N(CCOC)Cc1ccccc1Cl. The standard InChI is InChI=1S/C18H27ClN2O2/c1-3-20-11-7-6-10-17(20)18(22)21(12-13-23-2)14-15-8-4-5-9-16(15)19/h4-5,8-9,17H,3,6-7,10-14H2,1-2H3. The lowest BCUT2D eigenvalue weighted by atomic mass is 10.0. The number of ether oxygens (including phenoxy) is 1. The van der Waals surface area contributed by atoms with Crippen molar-refractivity contribution < 1.29 is 9.53 Å². The summed E-state index contributed by atoms with van der Waals surface area (Å²) in [5, 5.41) is 0.707. The normalized spacial score (nSPS) is 18.8. The van der Waals surface area contributed by atoms with Gasteiger partial charge in [0.25, 0.3) is 0 Å². The molecule has 1 saturated heterocycles. The van der Waals surface area contributed by atoms with Crippen molar-refractivity contribution in [3.63, 3.8) is 0 Å². The number of halogens is 1. The Bertz CT molecular complexity index is 510. The van der Waals surface area contributed by atoms with E-state index in [1.165, 1.54) is 6.42 Å². The molecular weight excluding hydrogens is 312 g/mol. The number of likely N-dealkylation sites (N-methyl/N-ethyl adjacent to an activating group) is 1. The average Bonchev–Trinajstić information content (AvgIpc) is 2.59. The first-order valence-electron chi connectivity index (χ1n) is 8.42. The van der Waals surface area contributed by atoms with E-state index in [1.54, 1.807) is 7.11 Å². The van der Waals surface area contributed by atoms with Gasteiger partial charge >= 0.3 is 0 Å². The predicted molar refractivity (Wildman–Crippen MR) is 93.6 cm³/mol. The highest BCUT2D eigenvalue weighted by molar-refractivity contribution is 6.31. The zero-order chi connectivity index (χ0) is 16.7. The molecule has 1 unspecified atom stereocenters. The van der Waals surface area contributed by atoms with Crippen molar-refractivity contribution in [3.8, 4) is 0 Å². The van der Waals surface area contributed by atoms with E-state index in [2.05, 4.69) is 11.8 Å². The first-order chi connectivity index (χ1) is 11.2. The fourth-order valence-corrected chi connectivity index (χ4v) is 3.36. The van der Waals surface area contributed by atoms with Crippen molar-refractivity contribution >= 4 is 17.5 Å². The summed E-state index contributed by atoms with van der Waals surface area (Å²) in [6.45, 7) is 5.72. The Labute approximate surface area is 144 Å². The number of carbonyl (C=O) groups is 1. The van der Waals surface area contributed by atoms with Gasteiger partial charge in [0.05, 0.1) is 12.6 Å². The molecule has 0 bridgehead atoms. The van der Waals surface area contributed by atoms with E-state index in [1.807, 2.05) is 29.2 Å². The molecule has 4 nitrogen and oxygen atoms in total. The van der Waals surface area contributed by atoms with Gasteiger partial charge in [-0.25, -0.2) is 0 Å². The topological polar surface area (TPSA) is 32.8 Å². The second kappa shape index (κ2) is 9.26. The molecule has 1 aromatic rings. The van der Waals surface area contributed by atoms with Gasteiger partial charge in [0.2, 0.25) is 5.91 Å². The van der Waals surface area contributed by atoms with Gasteiger partial charge in [0, 0.05) is 25.2 Å². The molecule has 0 spiro atoms. The predicted octanol–water partition coefficient (Wildman–Crippen LogP) is 3.19. The van der Waals surface area contributed by atoms with Crippen LogP contribution in [-0.2, 0) is 16.1 Å². The lowest BCUT2D eigenvalue weighted by Gasteiger charge is -2.37. The van der Waals surface area contributed by atoms with E-state index in [9.17, 15) is 4.79 Å². The number of piperidine rings is 1. The molecule has 1 aliphatic heterocycles. The molecule has 1 atom stereocenters. The number of nitrogens with zero attached hydrogens (tertiary/aromatic N) is 2. The van der Waals surface area contributed by atoms with Crippen molar-refractivity contribution in [3.05, 3.63) is 34.9 Å². The molecular formula is C18H27ClN2O2. The van der Waals surface area contributed by atoms with Gasteiger partial charge in [-0.3, -0.25) is 9.69 Å². The molecule has 0 aromatic heterocycles. The average molecular weight is 339 g/mol. The second-order valence-corrected chi connectivity index (χ2v) is 6.39. The van der Waals surface area contributed by atoms with Crippen molar-refractivity contribution in [1.82, 2.24) is 9.80 Å². The van der Waals surface area contributed by atoms with Gasteiger partial charge in [0.15, 0.2) is 0 Å². The Kier molecular flexibility index (Phi) is 7.34. The smallest absolute Gasteiger partial charge is 0.240 e. The van der Waals surface area contributed by atoms with Crippen LogP contribution in [0.4, 0.5) is 0 Å². The fraction of sp³-hybridized carbons (Fsp3) is 0.611. The van der Waals surface area contributed by atoms with Gasteiger partial charge in [-0.1, -0.05) is 43.1 Å². The van der Waals surface area contributed by atoms with Crippen molar-refractivity contribution in [2.24, 2.45) is 0 Å². The first kappa shape index (κ1) is 18.2. The third-order valence-corrected chi connectivity index (χ3v) is 4.87. The summed E-state index contributed by atoms with van der Waals surface area (Å²) >= 11 is 6.27. The molecule has 2 rings (SSSR count). The van der Waals surface area contributed by atoms with Gasteiger partial charge in [0.1, 0.15) is 0 Å². The number of hydrogen-bond donors (Lipinski definition) is 0. The minimum atomic E-state index is -0.00639. The number of hydrogen-bond acceptors (Lipinski definition) is 3. The van der Waals surface area contributed by atoms with Crippen LogP contribution in [0.2, 0.25) is 5.02 Å². The number of rotatable bonds is 7. The van der Waals surface area contributed by atoms with Gasteiger partial charge < -0.3 is 9.64 Å². The molecule has 1 fully saturated rings. The number of carbonyl (C=O) groups excluding carboxylic acids is 1. The Morgan fingerprint density at radius 1 is 1.39 bits per heavy atom. The van der Waals surface area contributed by atoms with Crippen molar-refractivity contribution in [2.75, 3.05) is 33.4 Å². The van der Waals surface area contributed by atoms with Crippen LogP contribution in [-0.4, -0.2) is 55.1 Å². The van der Waals surface area contributed by atoms with E-state index >= 15 is 0 Å². The number of amides is 1. The summed E-state index contributed by atoms with van der Waals surface area (Å²) in [4.78, 5) is 17.3. The summed E-state index contributed by atoms with van der Waals surface area (Å²) in [5.41, 5.74) is 0.984. The molecule has 128 valence electrons. The van der Waals surface area contributed by atoms with Gasteiger partial charge in [-0.05, 0) is 37.6 Å². The first-order valence-corrected chi connectivity index (χ1v) is 8.80. The van der Waals surface area contributed by atoms with Crippen molar-refractivity contribution in [2.45, 2.75) is 38.8 Å². The minimum Gasteiger partial charge on any atom is -0.383 e. The van der Waals surface area contributed by atoms with Gasteiger partial charge in [-0.15, -0.1) is 0 Å². The zero-order valence-electron chi connectivity index (χ0n) is 14.1. The summed E-state index contributed by atoms with van der Waals surface area (Å²) in [6.07, 6.45) is 3.25. The summed E-state index contributed by atoms with van der Waals surface area (Å²) in [7, 11) is 1.66. The van der Waals surface area contributed by atoms with Crippen molar-refractivity contribution in [1.29, 1.82) is 0 Å². The molecule has 0 aliphatic carbocycles. The third-order valence-electron chi connectivity index (χ3n) is 4.50. The molecule has 1 aromatic carbocycles. The number of methoxy groups -OCH3 is 1. The highest BCUT2D eigenvalue weighted by Gasteiger charge is 2.31. The Balaban J connectivity index is 2.13. The third kappa shape index (κ3) is 4.93. The quantitative estimate of drug-likeness (QED) is 0.765. The summed E-state index contributed by atoms with van der Waals surface area (Å²) in [5.74, 6) is 0.198. The minimum absolute atomic E-state index is 0.00639. The highest BCUT2D eigenvalue weighted by atomic mass is 35.5. The monoisotopic (exact) mass is 338 g/mol. The summed E-state index contributed by atoms with van der Waals surface area (Å²) < 4.78 is 5.19. The number of likely N-dealkylation sites (tertiary alicyclic amines) is 1. The van der Waals surface area contributed by atoms with E-state index in [-0.39, 0.29) is 11.9 Å². The highest BCUT2D eigenvalue weighted by Crippen LogP contribution is 2.22. The Morgan fingerprint density at radius 2 is 2.17 bits per heavy atom. The van der Waals surface area contributed by atoms with E-state index < -0.39 is 0 Å². The lowest BCUT2D eigenvalue weighted by Crippen LogP contribution is -2.51. The Morgan fingerprint density at radius 3 is 2.87 bits per heavy atom. The second-order valence-electron chi connectivity index (χ2n) is 5.98. The van der Waals surface area contributed by atoms with Crippen LogP contribution in [0.1, 0.15) is 31.7 Å². The maximum atomic E-state index is 13.1. The van der Waals surface area contributed by atoms with Crippen LogP contribution >= 0.6 is 11.6 Å². The van der Waals surface area contributed by atoms with Crippen LogP contribution in [0.25, 0.3) is 0 Å². The van der Waals surface area contributed by atoms with E-state index in [0.717, 1.165) is 31.5 Å². The Hall–Kier alpha value is -1.10. The van der Waals surface area contributed by atoms with E-state index in [0.29, 0.717) is 24.7 Å². The van der Waals surface area contributed by atoms with Crippen LogP contribution in [0.3, 0.4) is 0 Å². The fourth-order valence-electron chi connectivity index (χ4n) is 3.16. The maximum Gasteiger partial charge on any atom is 0.240 e. The molecule has 23 heavy (non-hydrogen) atoms. The molecule has 5 heteroatoms. The maximum absolute atomic E-state index is 13.1. The van der Waals surface area contributed by atoms with Crippen LogP contribution in [0, 0.1) is 0 Å². The lowest BCUT2D eigenvalue weighted by molar-refractivity contribution is -0.139. The molecule has 1 amide bonds. The zero-order valence-corrected chi connectivity index (χ0v) is 14.9. The molecule has 1 heterocycles. The van der Waals surface area contributed by atoms with Crippen LogP contribution in [0.5, 0.6) is 0 Å². The molecule has 1 aliphatic rings.